The van der Waals surface area contributed by atoms with E-state index < -0.39 is 0 Å². The van der Waals surface area contributed by atoms with E-state index in [0.29, 0.717) is 6.61 Å². The molecule has 0 bridgehead atoms. The van der Waals surface area contributed by atoms with Crippen LogP contribution in [0, 0.1) is 0 Å². The van der Waals surface area contributed by atoms with E-state index >= 15 is 0 Å². The minimum Gasteiger partial charge on any atom is -0.489 e. The van der Waals surface area contributed by atoms with E-state index in [1.807, 2.05) is 24.3 Å². The molecule has 0 saturated heterocycles. The lowest BCUT2D eigenvalue weighted by atomic mass is 10.0. The second-order valence-corrected chi connectivity index (χ2v) is 5.85. The Kier molecular flexibility index (Phi) is 5.62. The van der Waals surface area contributed by atoms with Gasteiger partial charge in [-0.05, 0) is 48.2 Å². The lowest BCUT2D eigenvalue weighted by Gasteiger charge is -2.11. The molecule has 0 spiro atoms. The van der Waals surface area contributed by atoms with Crippen molar-refractivity contribution in [1.82, 2.24) is 0 Å². The molecule has 3 heteroatoms. The molecule has 0 heterocycles. The average molecular weight is 334 g/mol. The van der Waals surface area contributed by atoms with Gasteiger partial charge in [0, 0.05) is 10.5 Å². The summed E-state index contributed by atoms with van der Waals surface area (Å²) in [6, 6.07) is 16.5. The van der Waals surface area contributed by atoms with E-state index in [4.69, 9.17) is 10.5 Å². The highest BCUT2D eigenvalue weighted by molar-refractivity contribution is 9.10. The van der Waals surface area contributed by atoms with Crippen LogP contribution >= 0.6 is 15.9 Å². The largest absolute Gasteiger partial charge is 0.489 e. The van der Waals surface area contributed by atoms with Crippen LogP contribution in [0.1, 0.15) is 24.5 Å². The molecule has 0 aliphatic rings. The van der Waals surface area contributed by atoms with E-state index in [1.165, 1.54) is 5.56 Å². The van der Waals surface area contributed by atoms with Gasteiger partial charge in [0.2, 0.25) is 0 Å². The van der Waals surface area contributed by atoms with Crippen molar-refractivity contribution in [2.45, 2.75) is 32.4 Å². The first-order valence-electron chi connectivity index (χ1n) is 6.89. The average Bonchev–Trinajstić information content (AvgIpc) is 2.45. The first-order valence-corrected chi connectivity index (χ1v) is 7.68. The molecule has 1 atom stereocenters. The lowest BCUT2D eigenvalue weighted by Crippen LogP contribution is -2.21. The number of hydrogen-bond donors (Lipinski definition) is 1. The predicted octanol–water partition coefficient (Wildman–Crippen LogP) is 4.31. The summed E-state index contributed by atoms with van der Waals surface area (Å²) >= 11 is 3.47. The normalized spacial score (nSPS) is 12.2. The van der Waals surface area contributed by atoms with Crippen LogP contribution in [0.15, 0.2) is 53.0 Å². The summed E-state index contributed by atoms with van der Waals surface area (Å²) in [5.41, 5.74) is 8.37. The highest BCUT2D eigenvalue weighted by Crippen LogP contribution is 2.18. The molecular formula is C17H20BrNO. The summed E-state index contributed by atoms with van der Waals surface area (Å²) in [6.45, 7) is 2.68. The molecule has 20 heavy (non-hydrogen) atoms. The quantitative estimate of drug-likeness (QED) is 0.854. The Morgan fingerprint density at radius 3 is 2.60 bits per heavy atom. The highest BCUT2D eigenvalue weighted by atomic mass is 79.9. The first-order chi connectivity index (χ1) is 9.67. The summed E-state index contributed by atoms with van der Waals surface area (Å²) in [5, 5.41) is 0. The van der Waals surface area contributed by atoms with Crippen LogP contribution in [0.2, 0.25) is 0 Å². The predicted molar refractivity (Wildman–Crippen MR) is 86.9 cm³/mol. The van der Waals surface area contributed by atoms with Gasteiger partial charge in [-0.15, -0.1) is 0 Å². The van der Waals surface area contributed by atoms with Gasteiger partial charge in [-0.2, -0.15) is 0 Å². The Morgan fingerprint density at radius 1 is 1.10 bits per heavy atom. The summed E-state index contributed by atoms with van der Waals surface area (Å²) in [7, 11) is 0. The molecule has 2 aromatic rings. The Bertz CT molecular complexity index is 556. The van der Waals surface area contributed by atoms with Crippen molar-refractivity contribution < 1.29 is 4.74 Å². The maximum absolute atomic E-state index is 5.99. The van der Waals surface area contributed by atoms with Gasteiger partial charge >= 0.3 is 0 Å². The minimum absolute atomic E-state index is 0.218. The molecule has 2 N–H and O–H groups in total. The molecule has 0 amide bonds. The van der Waals surface area contributed by atoms with Crippen molar-refractivity contribution in [1.29, 1.82) is 0 Å². The van der Waals surface area contributed by atoms with E-state index in [0.717, 1.165) is 28.6 Å². The Labute approximate surface area is 129 Å². The number of halogens is 1. The summed E-state index contributed by atoms with van der Waals surface area (Å²) in [5.74, 6) is 0.894. The third-order valence-electron chi connectivity index (χ3n) is 3.22. The van der Waals surface area contributed by atoms with Gasteiger partial charge in [0.25, 0.3) is 0 Å². The third kappa shape index (κ3) is 4.66. The topological polar surface area (TPSA) is 35.2 Å². The number of hydrogen-bond acceptors (Lipinski definition) is 2. The second-order valence-electron chi connectivity index (χ2n) is 4.94. The maximum Gasteiger partial charge on any atom is 0.120 e. The van der Waals surface area contributed by atoms with Crippen molar-refractivity contribution in [2.24, 2.45) is 5.73 Å². The fourth-order valence-electron chi connectivity index (χ4n) is 2.00. The van der Waals surface area contributed by atoms with Crippen LogP contribution in [0.3, 0.4) is 0 Å². The number of benzene rings is 2. The molecular weight excluding hydrogens is 314 g/mol. The first kappa shape index (κ1) is 15.1. The monoisotopic (exact) mass is 333 g/mol. The second kappa shape index (κ2) is 7.46. The standard InChI is InChI=1S/C17H20BrNO/c1-2-16(19)10-13-5-4-8-17(11-13)20-12-14-6-3-7-15(18)9-14/h3-9,11,16H,2,10,12,19H2,1H3. The third-order valence-corrected chi connectivity index (χ3v) is 3.71. The maximum atomic E-state index is 5.99. The number of rotatable bonds is 6. The van der Waals surface area contributed by atoms with Crippen molar-refractivity contribution in [3.05, 3.63) is 64.1 Å². The zero-order valence-electron chi connectivity index (χ0n) is 11.7. The van der Waals surface area contributed by atoms with Gasteiger partial charge in [0.15, 0.2) is 0 Å². The van der Waals surface area contributed by atoms with Gasteiger partial charge in [-0.1, -0.05) is 47.1 Å². The summed E-state index contributed by atoms with van der Waals surface area (Å²) < 4.78 is 6.91. The summed E-state index contributed by atoms with van der Waals surface area (Å²) in [6.07, 6.45) is 1.88. The summed E-state index contributed by atoms with van der Waals surface area (Å²) in [4.78, 5) is 0. The molecule has 2 nitrogen and oxygen atoms in total. The van der Waals surface area contributed by atoms with Crippen LogP contribution < -0.4 is 10.5 Å². The fraction of sp³-hybridized carbons (Fsp3) is 0.294. The fourth-order valence-corrected chi connectivity index (χ4v) is 2.45. The van der Waals surface area contributed by atoms with Crippen molar-refractivity contribution in [3.63, 3.8) is 0 Å². The van der Waals surface area contributed by atoms with Gasteiger partial charge in [0.05, 0.1) is 0 Å². The zero-order valence-corrected chi connectivity index (χ0v) is 13.3. The van der Waals surface area contributed by atoms with Crippen LogP contribution in [0.4, 0.5) is 0 Å². The molecule has 106 valence electrons. The molecule has 1 unspecified atom stereocenters. The Balaban J connectivity index is 1.97. The molecule has 0 radical (unpaired) electrons. The van der Waals surface area contributed by atoms with Crippen LogP contribution in [-0.2, 0) is 13.0 Å². The Hall–Kier alpha value is -1.32. The van der Waals surface area contributed by atoms with E-state index in [1.54, 1.807) is 0 Å². The van der Waals surface area contributed by atoms with E-state index in [2.05, 4.69) is 47.1 Å². The SMILES string of the molecule is CCC(N)Cc1cccc(OCc2cccc(Br)c2)c1. The van der Waals surface area contributed by atoms with Gasteiger partial charge in [-0.3, -0.25) is 0 Å². The molecule has 2 aromatic carbocycles. The molecule has 0 aliphatic heterocycles. The minimum atomic E-state index is 0.218. The van der Waals surface area contributed by atoms with Crippen molar-refractivity contribution in [2.75, 3.05) is 0 Å². The Morgan fingerprint density at radius 2 is 1.85 bits per heavy atom. The molecule has 0 aliphatic carbocycles. The van der Waals surface area contributed by atoms with Gasteiger partial charge < -0.3 is 10.5 Å². The van der Waals surface area contributed by atoms with Gasteiger partial charge in [-0.25, -0.2) is 0 Å². The highest BCUT2D eigenvalue weighted by Gasteiger charge is 2.03. The van der Waals surface area contributed by atoms with E-state index in [9.17, 15) is 0 Å². The smallest absolute Gasteiger partial charge is 0.120 e. The molecule has 0 aromatic heterocycles. The van der Waals surface area contributed by atoms with Crippen molar-refractivity contribution in [3.8, 4) is 5.75 Å². The number of ether oxygens (including phenoxy) is 1. The molecule has 0 fully saturated rings. The van der Waals surface area contributed by atoms with Crippen LogP contribution in [0.25, 0.3) is 0 Å². The van der Waals surface area contributed by atoms with Crippen LogP contribution in [-0.4, -0.2) is 6.04 Å². The zero-order chi connectivity index (χ0) is 14.4. The number of nitrogens with two attached hydrogens (primary N) is 1. The van der Waals surface area contributed by atoms with Crippen LogP contribution in [0.5, 0.6) is 5.75 Å². The molecule has 0 saturated carbocycles. The van der Waals surface area contributed by atoms with Gasteiger partial charge in [0.1, 0.15) is 12.4 Å². The lowest BCUT2D eigenvalue weighted by molar-refractivity contribution is 0.306. The van der Waals surface area contributed by atoms with Crippen molar-refractivity contribution >= 4 is 15.9 Å². The molecule has 2 rings (SSSR count). The van der Waals surface area contributed by atoms with E-state index in [-0.39, 0.29) is 6.04 Å².